The first-order valence-electron chi connectivity index (χ1n) is 5.63. The molecular weight excluding hydrogens is 267 g/mol. The highest BCUT2D eigenvalue weighted by Gasteiger charge is 2.08. The Morgan fingerprint density at radius 2 is 2.32 bits per heavy atom. The number of esters is 1. The maximum atomic E-state index is 13.4. The molecule has 0 bridgehead atoms. The van der Waals surface area contributed by atoms with Gasteiger partial charge < -0.3 is 10.1 Å². The lowest BCUT2D eigenvalue weighted by atomic mass is 10.2. The second-order valence-corrected chi connectivity index (χ2v) is 4.84. The Hall–Kier alpha value is -1.95. The molecule has 0 saturated heterocycles. The van der Waals surface area contributed by atoms with Crippen molar-refractivity contribution in [2.75, 3.05) is 12.4 Å². The number of nitrogens with zero attached hydrogens (tertiary/aromatic N) is 1. The minimum absolute atomic E-state index is 0.136. The van der Waals surface area contributed by atoms with Gasteiger partial charge in [0.2, 0.25) is 0 Å². The smallest absolute Gasteiger partial charge is 0.311 e. The van der Waals surface area contributed by atoms with E-state index in [0.29, 0.717) is 22.1 Å². The molecule has 0 radical (unpaired) electrons. The predicted octanol–water partition coefficient (Wildman–Crippen LogP) is 3.05. The van der Waals surface area contributed by atoms with Crippen LogP contribution in [0, 0.1) is 12.7 Å². The lowest BCUT2D eigenvalue weighted by molar-refractivity contribution is -0.139. The van der Waals surface area contributed by atoms with Gasteiger partial charge in [0.05, 0.1) is 19.2 Å². The van der Waals surface area contributed by atoms with Gasteiger partial charge in [-0.3, -0.25) is 4.79 Å². The van der Waals surface area contributed by atoms with Crippen LogP contribution in [0.3, 0.4) is 0 Å². The summed E-state index contributed by atoms with van der Waals surface area (Å²) < 4.78 is 18.0. The molecule has 19 heavy (non-hydrogen) atoms. The normalized spacial score (nSPS) is 10.3. The number of aryl methyl sites for hydroxylation is 1. The fourth-order valence-corrected chi connectivity index (χ4v) is 2.19. The molecule has 100 valence electrons. The van der Waals surface area contributed by atoms with Gasteiger partial charge in [0.25, 0.3) is 0 Å². The molecule has 1 aromatic heterocycles. The summed E-state index contributed by atoms with van der Waals surface area (Å²) in [6, 6.07) is 4.89. The summed E-state index contributed by atoms with van der Waals surface area (Å²) in [5, 5.41) is 5.38. The van der Waals surface area contributed by atoms with Crippen molar-refractivity contribution >= 4 is 28.1 Å². The SMILES string of the molecule is COC(=O)Cc1csc(Nc2ccc(C)c(F)c2)n1. The Bertz CT molecular complexity index is 598. The van der Waals surface area contributed by atoms with Crippen molar-refractivity contribution in [2.24, 2.45) is 0 Å². The molecule has 0 fully saturated rings. The molecule has 2 aromatic rings. The molecule has 1 N–H and O–H groups in total. The molecule has 1 heterocycles. The van der Waals surface area contributed by atoms with Crippen LogP contribution in [-0.2, 0) is 16.0 Å². The average Bonchev–Trinajstić information content (AvgIpc) is 2.81. The number of hydrogen-bond donors (Lipinski definition) is 1. The molecule has 0 aliphatic rings. The zero-order valence-electron chi connectivity index (χ0n) is 10.6. The second-order valence-electron chi connectivity index (χ2n) is 3.99. The van der Waals surface area contributed by atoms with Gasteiger partial charge in [-0.15, -0.1) is 11.3 Å². The van der Waals surface area contributed by atoms with Crippen LogP contribution in [0.15, 0.2) is 23.6 Å². The monoisotopic (exact) mass is 280 g/mol. The van der Waals surface area contributed by atoms with Gasteiger partial charge in [-0.1, -0.05) is 6.07 Å². The van der Waals surface area contributed by atoms with E-state index in [-0.39, 0.29) is 18.2 Å². The van der Waals surface area contributed by atoms with Crippen LogP contribution >= 0.6 is 11.3 Å². The third kappa shape index (κ3) is 3.51. The zero-order valence-corrected chi connectivity index (χ0v) is 11.4. The van der Waals surface area contributed by atoms with Crippen molar-refractivity contribution in [1.29, 1.82) is 0 Å². The minimum Gasteiger partial charge on any atom is -0.469 e. The van der Waals surface area contributed by atoms with Crippen LogP contribution in [0.1, 0.15) is 11.3 Å². The Labute approximate surface area is 114 Å². The number of benzene rings is 1. The molecule has 6 heteroatoms. The van der Waals surface area contributed by atoms with Crippen LogP contribution in [0.4, 0.5) is 15.2 Å². The van der Waals surface area contributed by atoms with E-state index in [9.17, 15) is 9.18 Å². The summed E-state index contributed by atoms with van der Waals surface area (Å²) in [5.41, 5.74) is 1.85. The highest BCUT2D eigenvalue weighted by Crippen LogP contribution is 2.22. The van der Waals surface area contributed by atoms with E-state index in [4.69, 9.17) is 0 Å². The molecule has 0 aliphatic carbocycles. The van der Waals surface area contributed by atoms with Crippen molar-refractivity contribution in [2.45, 2.75) is 13.3 Å². The average molecular weight is 280 g/mol. The molecule has 0 saturated carbocycles. The number of carbonyl (C=O) groups excluding carboxylic acids is 1. The molecule has 4 nitrogen and oxygen atoms in total. The van der Waals surface area contributed by atoms with Crippen molar-refractivity contribution in [3.8, 4) is 0 Å². The van der Waals surface area contributed by atoms with E-state index >= 15 is 0 Å². The third-order valence-corrected chi connectivity index (χ3v) is 3.33. The molecule has 1 aromatic carbocycles. The standard InChI is InChI=1S/C13H13FN2O2S/c1-8-3-4-9(5-11(8)14)15-13-16-10(7-19-13)6-12(17)18-2/h3-5,7H,6H2,1-2H3,(H,15,16). The van der Waals surface area contributed by atoms with Gasteiger partial charge in [-0.25, -0.2) is 9.37 Å². The molecule has 2 rings (SSSR count). The number of thiazole rings is 1. The first-order chi connectivity index (χ1) is 9.08. The zero-order chi connectivity index (χ0) is 13.8. The minimum atomic E-state index is -0.335. The topological polar surface area (TPSA) is 51.2 Å². The quantitative estimate of drug-likeness (QED) is 0.875. The summed E-state index contributed by atoms with van der Waals surface area (Å²) in [6.45, 7) is 1.71. The first-order valence-corrected chi connectivity index (χ1v) is 6.51. The predicted molar refractivity (Wildman–Crippen MR) is 72.3 cm³/mol. The number of methoxy groups -OCH3 is 1. The molecule has 0 spiro atoms. The number of rotatable bonds is 4. The number of hydrogen-bond acceptors (Lipinski definition) is 5. The Morgan fingerprint density at radius 3 is 3.00 bits per heavy atom. The third-order valence-electron chi connectivity index (χ3n) is 2.53. The number of nitrogens with one attached hydrogen (secondary N) is 1. The maximum absolute atomic E-state index is 13.4. The van der Waals surface area contributed by atoms with E-state index in [1.807, 2.05) is 0 Å². The fraction of sp³-hybridized carbons (Fsp3) is 0.231. The van der Waals surface area contributed by atoms with Gasteiger partial charge in [0, 0.05) is 11.1 Å². The number of carbonyl (C=O) groups is 1. The molecular formula is C13H13FN2O2S. The van der Waals surface area contributed by atoms with E-state index in [0.717, 1.165) is 0 Å². The van der Waals surface area contributed by atoms with Gasteiger partial charge in [0.1, 0.15) is 5.82 Å². The number of halogens is 1. The Balaban J connectivity index is 2.07. The van der Waals surface area contributed by atoms with E-state index in [2.05, 4.69) is 15.0 Å². The van der Waals surface area contributed by atoms with E-state index in [1.54, 1.807) is 24.4 Å². The molecule has 0 amide bonds. The van der Waals surface area contributed by atoms with Gasteiger partial charge in [-0.05, 0) is 24.6 Å². The van der Waals surface area contributed by atoms with Crippen LogP contribution < -0.4 is 5.32 Å². The molecule has 0 aliphatic heterocycles. The van der Waals surface area contributed by atoms with Crippen molar-refractivity contribution < 1.29 is 13.9 Å². The Morgan fingerprint density at radius 1 is 1.53 bits per heavy atom. The molecule has 0 atom stereocenters. The van der Waals surface area contributed by atoms with Crippen LogP contribution in [0.2, 0.25) is 0 Å². The van der Waals surface area contributed by atoms with Crippen LogP contribution in [0.5, 0.6) is 0 Å². The lowest BCUT2D eigenvalue weighted by Gasteiger charge is -2.03. The summed E-state index contributed by atoms with van der Waals surface area (Å²) in [4.78, 5) is 15.3. The lowest BCUT2D eigenvalue weighted by Crippen LogP contribution is -2.04. The van der Waals surface area contributed by atoms with Gasteiger partial charge >= 0.3 is 5.97 Å². The fourth-order valence-electron chi connectivity index (χ4n) is 1.46. The van der Waals surface area contributed by atoms with Gasteiger partial charge in [-0.2, -0.15) is 0 Å². The second kappa shape index (κ2) is 5.79. The maximum Gasteiger partial charge on any atom is 0.311 e. The summed E-state index contributed by atoms with van der Waals surface area (Å²) >= 11 is 1.35. The summed E-state index contributed by atoms with van der Waals surface area (Å²) in [6.07, 6.45) is 0.136. The highest BCUT2D eigenvalue weighted by atomic mass is 32.1. The van der Waals surface area contributed by atoms with Crippen molar-refractivity contribution in [3.63, 3.8) is 0 Å². The number of anilines is 2. The van der Waals surface area contributed by atoms with Gasteiger partial charge in [0.15, 0.2) is 5.13 Å². The largest absolute Gasteiger partial charge is 0.469 e. The van der Waals surface area contributed by atoms with Crippen molar-refractivity contribution in [3.05, 3.63) is 40.7 Å². The Kier molecular flexibility index (Phi) is 4.11. The first kappa shape index (κ1) is 13.5. The summed E-state index contributed by atoms with van der Waals surface area (Å²) in [7, 11) is 1.34. The van der Waals surface area contributed by atoms with Crippen LogP contribution in [-0.4, -0.2) is 18.1 Å². The summed E-state index contributed by atoms with van der Waals surface area (Å²) in [5.74, 6) is -0.602. The highest BCUT2D eigenvalue weighted by molar-refractivity contribution is 7.13. The van der Waals surface area contributed by atoms with Crippen LogP contribution in [0.25, 0.3) is 0 Å². The number of aromatic nitrogens is 1. The van der Waals surface area contributed by atoms with Crippen molar-refractivity contribution in [1.82, 2.24) is 4.98 Å². The number of ether oxygens (including phenoxy) is 1. The molecule has 0 unspecified atom stereocenters. The van der Waals surface area contributed by atoms with E-state index < -0.39 is 0 Å². The van der Waals surface area contributed by atoms with E-state index in [1.165, 1.54) is 24.5 Å².